The average Bonchev–Trinajstić information content (AvgIpc) is 2.48. The molecule has 1 aliphatic carbocycles. The average molecular weight is 346 g/mol. The highest BCUT2D eigenvalue weighted by atomic mass is 79.9. The van der Waals surface area contributed by atoms with Crippen molar-refractivity contribution in [3.05, 3.63) is 64.4 Å². The number of ketones is 1. The van der Waals surface area contributed by atoms with Gasteiger partial charge < -0.3 is 10.2 Å². The molecule has 21 heavy (non-hydrogen) atoms. The maximum absolute atomic E-state index is 12.2. The Morgan fingerprint density at radius 3 is 2.67 bits per heavy atom. The zero-order valence-corrected chi connectivity index (χ0v) is 12.5. The first-order valence-corrected chi connectivity index (χ1v) is 6.95. The van der Waals surface area contributed by atoms with Crippen molar-refractivity contribution < 1.29 is 15.0 Å². The summed E-state index contributed by atoms with van der Waals surface area (Å²) in [5.41, 5.74) is -1.16. The van der Waals surface area contributed by atoms with E-state index in [9.17, 15) is 15.0 Å². The Balaban J connectivity index is 2.21. The van der Waals surface area contributed by atoms with Gasteiger partial charge >= 0.3 is 0 Å². The van der Waals surface area contributed by atoms with E-state index in [0.717, 1.165) is 22.2 Å². The van der Waals surface area contributed by atoms with Crippen LogP contribution in [-0.4, -0.2) is 21.6 Å². The number of benzene rings is 1. The highest BCUT2D eigenvalue weighted by Crippen LogP contribution is 2.28. The fourth-order valence-corrected chi connectivity index (χ4v) is 2.18. The van der Waals surface area contributed by atoms with Crippen LogP contribution in [0.15, 0.2) is 58.8 Å². The van der Waals surface area contributed by atoms with E-state index in [2.05, 4.69) is 15.9 Å². The van der Waals surface area contributed by atoms with Crippen LogP contribution in [0.5, 0.6) is 0 Å². The van der Waals surface area contributed by atoms with E-state index in [1.54, 1.807) is 6.08 Å². The Hall–Kier alpha value is -2.16. The molecule has 1 aromatic carbocycles. The molecular formula is C16H12BrNO3. The van der Waals surface area contributed by atoms with Crippen molar-refractivity contribution in [3.63, 3.8) is 0 Å². The second-order valence-corrected chi connectivity index (χ2v) is 5.52. The molecule has 0 radical (unpaired) electrons. The highest BCUT2D eigenvalue weighted by Gasteiger charge is 2.41. The van der Waals surface area contributed by atoms with Crippen LogP contribution >= 0.6 is 15.9 Å². The number of halogens is 1. The van der Waals surface area contributed by atoms with Crippen molar-refractivity contribution >= 4 is 27.8 Å². The zero-order chi connectivity index (χ0) is 15.5. The predicted octanol–water partition coefficient (Wildman–Crippen LogP) is 2.91. The normalized spacial score (nSPS) is 24.6. The van der Waals surface area contributed by atoms with Crippen LogP contribution in [0, 0.1) is 17.2 Å². The molecule has 0 aromatic heterocycles. The summed E-state index contributed by atoms with van der Waals surface area (Å²) < 4.78 is 0.921. The number of rotatable bonds is 3. The molecule has 0 aliphatic heterocycles. The van der Waals surface area contributed by atoms with Crippen molar-refractivity contribution in [3.8, 4) is 6.07 Å². The number of hydrogen-bond acceptors (Lipinski definition) is 4. The van der Waals surface area contributed by atoms with Crippen LogP contribution in [0.25, 0.3) is 6.08 Å². The van der Waals surface area contributed by atoms with Crippen LogP contribution < -0.4 is 0 Å². The smallest absolute Gasteiger partial charge is 0.192 e. The van der Waals surface area contributed by atoms with Crippen LogP contribution in [0.4, 0.5) is 0 Å². The maximum Gasteiger partial charge on any atom is 0.192 e. The molecule has 0 spiro atoms. The molecule has 1 aromatic rings. The summed E-state index contributed by atoms with van der Waals surface area (Å²) in [6, 6.07) is 9.09. The lowest BCUT2D eigenvalue weighted by Gasteiger charge is -2.27. The second-order valence-electron chi connectivity index (χ2n) is 4.61. The Bertz CT molecular complexity index is 682. The molecule has 106 valence electrons. The Morgan fingerprint density at radius 1 is 1.38 bits per heavy atom. The van der Waals surface area contributed by atoms with Crippen LogP contribution in [0.3, 0.4) is 0 Å². The lowest BCUT2D eigenvalue weighted by Crippen LogP contribution is -2.43. The molecule has 2 rings (SSSR count). The Morgan fingerprint density at radius 2 is 2.05 bits per heavy atom. The molecule has 0 amide bonds. The topological polar surface area (TPSA) is 81.3 Å². The third-order valence-corrected chi connectivity index (χ3v) is 3.68. The van der Waals surface area contributed by atoms with Crippen molar-refractivity contribution in [1.29, 1.82) is 5.26 Å². The largest absolute Gasteiger partial charge is 0.508 e. The van der Waals surface area contributed by atoms with Crippen LogP contribution in [0.1, 0.15) is 5.56 Å². The molecule has 0 saturated heterocycles. The van der Waals surface area contributed by atoms with Gasteiger partial charge in [0.1, 0.15) is 11.7 Å². The molecule has 2 N–H and O–H groups in total. The number of nitrogens with zero attached hydrogens (tertiary/aromatic N) is 1. The molecule has 4 nitrogen and oxygen atoms in total. The van der Waals surface area contributed by atoms with Gasteiger partial charge in [-0.05, 0) is 42.0 Å². The highest BCUT2D eigenvalue weighted by molar-refractivity contribution is 9.10. The molecule has 0 heterocycles. The zero-order valence-electron chi connectivity index (χ0n) is 10.9. The molecule has 2 unspecified atom stereocenters. The monoisotopic (exact) mass is 345 g/mol. The third-order valence-electron chi connectivity index (χ3n) is 3.15. The van der Waals surface area contributed by atoms with Crippen molar-refractivity contribution in [2.45, 2.75) is 5.60 Å². The number of carbonyl (C=O) groups excluding carboxylic acids is 1. The summed E-state index contributed by atoms with van der Waals surface area (Å²) in [5.74, 6) is -1.88. The Kier molecular flexibility index (Phi) is 4.41. The lowest BCUT2D eigenvalue weighted by molar-refractivity contribution is -0.129. The summed E-state index contributed by atoms with van der Waals surface area (Å²) in [7, 11) is 0. The lowest BCUT2D eigenvalue weighted by atomic mass is 9.80. The van der Waals surface area contributed by atoms with E-state index in [-0.39, 0.29) is 5.76 Å². The minimum atomic E-state index is -1.95. The van der Waals surface area contributed by atoms with Gasteiger partial charge in [-0.15, -0.1) is 0 Å². The van der Waals surface area contributed by atoms with Gasteiger partial charge in [0.25, 0.3) is 0 Å². The minimum absolute atomic E-state index is 0.143. The van der Waals surface area contributed by atoms with Crippen LogP contribution in [-0.2, 0) is 4.79 Å². The number of aliphatic hydroxyl groups is 2. The summed E-state index contributed by atoms with van der Waals surface area (Å²) in [6.07, 6.45) is 6.30. The first-order valence-electron chi connectivity index (χ1n) is 6.16. The molecular weight excluding hydrogens is 334 g/mol. The van der Waals surface area contributed by atoms with Crippen molar-refractivity contribution in [1.82, 2.24) is 0 Å². The second kappa shape index (κ2) is 6.08. The fourth-order valence-electron chi connectivity index (χ4n) is 1.92. The van der Waals surface area contributed by atoms with Gasteiger partial charge in [0, 0.05) is 4.47 Å². The molecule has 0 bridgehead atoms. The fraction of sp³-hybridized carbons (Fsp3) is 0.125. The molecule has 5 heteroatoms. The molecule has 0 fully saturated rings. The van der Waals surface area contributed by atoms with Crippen LogP contribution in [0.2, 0.25) is 0 Å². The van der Waals surface area contributed by atoms with Gasteiger partial charge in [-0.3, -0.25) is 4.79 Å². The first-order chi connectivity index (χ1) is 9.95. The van der Waals surface area contributed by atoms with E-state index < -0.39 is 17.3 Å². The summed E-state index contributed by atoms with van der Waals surface area (Å²) in [4.78, 5) is 12.2. The van der Waals surface area contributed by atoms with Gasteiger partial charge in [0.15, 0.2) is 11.4 Å². The maximum atomic E-state index is 12.2. The van der Waals surface area contributed by atoms with Gasteiger partial charge in [0.2, 0.25) is 0 Å². The van der Waals surface area contributed by atoms with Crippen molar-refractivity contribution in [2.24, 2.45) is 5.92 Å². The van der Waals surface area contributed by atoms with Crippen molar-refractivity contribution in [2.75, 3.05) is 0 Å². The van der Waals surface area contributed by atoms with E-state index in [4.69, 9.17) is 5.26 Å². The minimum Gasteiger partial charge on any atom is -0.508 e. The Labute approximate surface area is 130 Å². The number of carbonyl (C=O) groups is 1. The quantitative estimate of drug-likeness (QED) is 0.825. The number of aliphatic hydroxyl groups excluding tert-OH is 1. The SMILES string of the molecule is N#CC1C=C(O)C=CC1(O)C(=O)C=Cc1ccc(Br)cc1. The molecule has 1 aliphatic rings. The molecule has 2 atom stereocenters. The number of allylic oxidation sites excluding steroid dienone is 1. The summed E-state index contributed by atoms with van der Waals surface area (Å²) >= 11 is 3.31. The number of nitriles is 1. The summed E-state index contributed by atoms with van der Waals surface area (Å²) in [5, 5.41) is 28.7. The third kappa shape index (κ3) is 3.30. The van der Waals surface area contributed by atoms with Gasteiger partial charge in [-0.25, -0.2) is 0 Å². The first kappa shape index (κ1) is 15.2. The van der Waals surface area contributed by atoms with Gasteiger partial charge in [0.05, 0.1) is 6.07 Å². The predicted molar refractivity (Wildman–Crippen MR) is 82.1 cm³/mol. The van der Waals surface area contributed by atoms with Gasteiger partial charge in [-0.1, -0.05) is 34.1 Å². The molecule has 0 saturated carbocycles. The standard InChI is InChI=1S/C16H12BrNO3/c17-13-4-1-11(2-5-13)3-6-15(20)16(21)8-7-14(19)9-12(16)10-18/h1-9,12,19,21H. The van der Waals surface area contributed by atoms with E-state index >= 15 is 0 Å². The number of hydrogen-bond donors (Lipinski definition) is 2. The van der Waals surface area contributed by atoms with Gasteiger partial charge in [-0.2, -0.15) is 5.26 Å². The van der Waals surface area contributed by atoms with E-state index in [1.165, 1.54) is 12.2 Å². The van der Waals surface area contributed by atoms with E-state index in [1.807, 2.05) is 30.3 Å². The summed E-state index contributed by atoms with van der Waals surface area (Å²) in [6.45, 7) is 0. The van der Waals surface area contributed by atoms with E-state index in [0.29, 0.717) is 0 Å².